The number of nitrogens with zero attached hydrogens (tertiary/aromatic N) is 2. The molecule has 0 radical (unpaired) electrons. The van der Waals surface area contributed by atoms with Gasteiger partial charge in [-0.1, -0.05) is 48.5 Å². The van der Waals surface area contributed by atoms with E-state index in [9.17, 15) is 0 Å². The van der Waals surface area contributed by atoms with E-state index in [4.69, 9.17) is 0 Å². The molecule has 1 atom stereocenters. The van der Waals surface area contributed by atoms with Crippen LogP contribution in [-0.2, 0) is 19.5 Å². The molecule has 1 aliphatic rings. The van der Waals surface area contributed by atoms with Crippen molar-refractivity contribution in [1.29, 1.82) is 0 Å². The van der Waals surface area contributed by atoms with Gasteiger partial charge in [-0.05, 0) is 62.2 Å². The third-order valence-electron chi connectivity index (χ3n) is 5.67. The first-order valence-electron chi connectivity index (χ1n) is 9.70. The number of fused-ring (bicyclic) bond motifs is 1. The second-order valence-electron chi connectivity index (χ2n) is 7.23. The summed E-state index contributed by atoms with van der Waals surface area (Å²) in [5.74, 6) is 0. The summed E-state index contributed by atoms with van der Waals surface area (Å²) in [7, 11) is 0. The fourth-order valence-corrected chi connectivity index (χ4v) is 4.41. The number of hydrogen-bond donors (Lipinski definition) is 0. The lowest BCUT2D eigenvalue weighted by molar-refractivity contribution is 0.234. The molecular weight excluding hydrogens is 304 g/mol. The van der Waals surface area contributed by atoms with Gasteiger partial charge in [0.25, 0.3) is 0 Å². The van der Waals surface area contributed by atoms with Crippen molar-refractivity contribution in [3.8, 4) is 0 Å². The van der Waals surface area contributed by atoms with Gasteiger partial charge in [-0.25, -0.2) is 0 Å². The fourth-order valence-electron chi connectivity index (χ4n) is 4.41. The number of rotatable bonds is 6. The largest absolute Gasteiger partial charge is 0.345 e. The van der Waals surface area contributed by atoms with Gasteiger partial charge in [0.1, 0.15) is 0 Å². The average Bonchev–Trinajstić information content (AvgIpc) is 3.24. The van der Waals surface area contributed by atoms with E-state index in [1.165, 1.54) is 54.4 Å². The Morgan fingerprint density at radius 1 is 1.00 bits per heavy atom. The normalized spacial score (nSPS) is 18.2. The van der Waals surface area contributed by atoms with E-state index in [-0.39, 0.29) is 0 Å². The SMILES string of the molecule is CCn1c(CC[C@@H]2CCCN2Cc2ccccc2)cc2ccccc21. The van der Waals surface area contributed by atoms with Crippen LogP contribution in [-0.4, -0.2) is 22.1 Å². The minimum atomic E-state index is 0.725. The highest BCUT2D eigenvalue weighted by atomic mass is 15.2. The van der Waals surface area contributed by atoms with Gasteiger partial charge in [0.05, 0.1) is 0 Å². The maximum atomic E-state index is 2.69. The number of hydrogen-bond acceptors (Lipinski definition) is 1. The first-order chi connectivity index (χ1) is 12.3. The van der Waals surface area contributed by atoms with Crippen molar-refractivity contribution in [3.63, 3.8) is 0 Å². The smallest absolute Gasteiger partial charge is 0.0482 e. The van der Waals surface area contributed by atoms with Crippen LogP contribution in [0.1, 0.15) is 37.4 Å². The van der Waals surface area contributed by atoms with Gasteiger partial charge in [0.15, 0.2) is 0 Å². The topological polar surface area (TPSA) is 8.17 Å². The molecule has 0 bridgehead atoms. The molecule has 2 heterocycles. The Bertz CT molecular complexity index is 818. The molecule has 0 saturated carbocycles. The Morgan fingerprint density at radius 3 is 2.64 bits per heavy atom. The highest BCUT2D eigenvalue weighted by Crippen LogP contribution is 2.26. The van der Waals surface area contributed by atoms with E-state index >= 15 is 0 Å². The summed E-state index contributed by atoms with van der Waals surface area (Å²) in [5.41, 5.74) is 4.32. The molecule has 0 unspecified atom stereocenters. The third-order valence-corrected chi connectivity index (χ3v) is 5.67. The summed E-state index contributed by atoms with van der Waals surface area (Å²) < 4.78 is 2.49. The summed E-state index contributed by atoms with van der Waals surface area (Å²) in [6, 6.07) is 22.8. The maximum Gasteiger partial charge on any atom is 0.0482 e. The number of likely N-dealkylation sites (tertiary alicyclic amines) is 1. The van der Waals surface area contributed by atoms with Gasteiger partial charge in [-0.2, -0.15) is 0 Å². The zero-order valence-corrected chi connectivity index (χ0v) is 15.2. The molecule has 0 spiro atoms. The molecule has 2 nitrogen and oxygen atoms in total. The Hall–Kier alpha value is -2.06. The molecule has 25 heavy (non-hydrogen) atoms. The quantitative estimate of drug-likeness (QED) is 0.598. The number of aromatic nitrogens is 1. The third kappa shape index (κ3) is 3.50. The van der Waals surface area contributed by atoms with Crippen molar-refractivity contribution in [1.82, 2.24) is 9.47 Å². The van der Waals surface area contributed by atoms with Gasteiger partial charge >= 0.3 is 0 Å². The molecule has 130 valence electrons. The van der Waals surface area contributed by atoms with Crippen molar-refractivity contribution in [2.24, 2.45) is 0 Å². The molecule has 3 aromatic rings. The lowest BCUT2D eigenvalue weighted by Gasteiger charge is -2.24. The second-order valence-corrected chi connectivity index (χ2v) is 7.23. The first kappa shape index (κ1) is 16.4. The minimum Gasteiger partial charge on any atom is -0.345 e. The molecule has 4 rings (SSSR count). The van der Waals surface area contributed by atoms with E-state index in [0.29, 0.717) is 0 Å². The van der Waals surface area contributed by atoms with E-state index in [0.717, 1.165) is 19.1 Å². The van der Waals surface area contributed by atoms with Crippen molar-refractivity contribution in [3.05, 3.63) is 71.9 Å². The molecule has 2 heteroatoms. The van der Waals surface area contributed by atoms with Crippen LogP contribution in [0.5, 0.6) is 0 Å². The number of para-hydroxylation sites is 1. The van der Waals surface area contributed by atoms with Crippen LogP contribution < -0.4 is 0 Å². The molecule has 1 aliphatic heterocycles. The second kappa shape index (κ2) is 7.45. The van der Waals surface area contributed by atoms with Gasteiger partial charge in [-0.3, -0.25) is 4.90 Å². The molecule has 1 aromatic heterocycles. The predicted molar refractivity (Wildman–Crippen MR) is 106 cm³/mol. The predicted octanol–water partition coefficient (Wildman–Crippen LogP) is 5.26. The Labute approximate surface area is 151 Å². The van der Waals surface area contributed by atoms with Crippen LogP contribution in [0.2, 0.25) is 0 Å². The van der Waals surface area contributed by atoms with Crippen molar-refractivity contribution in [2.75, 3.05) is 6.54 Å². The Balaban J connectivity index is 1.45. The van der Waals surface area contributed by atoms with Crippen molar-refractivity contribution < 1.29 is 0 Å². The molecule has 0 aliphatic carbocycles. The van der Waals surface area contributed by atoms with Crippen LogP contribution in [0, 0.1) is 0 Å². The summed E-state index contributed by atoms with van der Waals surface area (Å²) in [5, 5.41) is 1.38. The van der Waals surface area contributed by atoms with Gasteiger partial charge < -0.3 is 4.57 Å². The summed E-state index contributed by atoms with van der Waals surface area (Å²) >= 11 is 0. The Kier molecular flexibility index (Phi) is 4.89. The van der Waals surface area contributed by atoms with Crippen molar-refractivity contribution >= 4 is 10.9 Å². The lowest BCUT2D eigenvalue weighted by Crippen LogP contribution is -2.29. The maximum absolute atomic E-state index is 2.69. The molecule has 1 fully saturated rings. The number of aryl methyl sites for hydroxylation is 2. The number of benzene rings is 2. The first-order valence-corrected chi connectivity index (χ1v) is 9.70. The molecule has 0 amide bonds. The minimum absolute atomic E-state index is 0.725. The van der Waals surface area contributed by atoms with E-state index in [1.807, 2.05) is 0 Å². The van der Waals surface area contributed by atoms with Gasteiger partial charge in [0.2, 0.25) is 0 Å². The van der Waals surface area contributed by atoms with E-state index in [1.54, 1.807) is 0 Å². The highest BCUT2D eigenvalue weighted by molar-refractivity contribution is 5.81. The van der Waals surface area contributed by atoms with E-state index < -0.39 is 0 Å². The van der Waals surface area contributed by atoms with Crippen LogP contribution in [0.15, 0.2) is 60.7 Å². The monoisotopic (exact) mass is 332 g/mol. The molecule has 0 N–H and O–H groups in total. The zero-order chi connectivity index (χ0) is 17.1. The van der Waals surface area contributed by atoms with Crippen LogP contribution in [0.25, 0.3) is 10.9 Å². The van der Waals surface area contributed by atoms with Gasteiger partial charge in [-0.15, -0.1) is 0 Å². The summed E-state index contributed by atoms with van der Waals surface area (Å²) in [4.78, 5) is 2.69. The standard InChI is InChI=1S/C23H28N2/c1-2-25-22(17-20-11-6-7-13-23(20)25)15-14-21-12-8-16-24(21)18-19-9-4-3-5-10-19/h3-7,9-11,13,17,21H,2,8,12,14-16,18H2,1H3/t21-/m0/s1. The highest BCUT2D eigenvalue weighted by Gasteiger charge is 2.24. The average molecular weight is 332 g/mol. The summed E-state index contributed by atoms with van der Waals surface area (Å²) in [6.45, 7) is 5.66. The fraction of sp³-hybridized carbons (Fsp3) is 0.391. The summed E-state index contributed by atoms with van der Waals surface area (Å²) in [6.07, 6.45) is 5.13. The van der Waals surface area contributed by atoms with E-state index in [2.05, 4.69) is 77.1 Å². The van der Waals surface area contributed by atoms with Crippen molar-refractivity contribution in [2.45, 2.75) is 51.7 Å². The van der Waals surface area contributed by atoms with Crippen LogP contribution in [0.4, 0.5) is 0 Å². The van der Waals surface area contributed by atoms with Crippen LogP contribution in [0.3, 0.4) is 0 Å². The Morgan fingerprint density at radius 2 is 1.80 bits per heavy atom. The molecule has 1 saturated heterocycles. The molecule has 2 aromatic carbocycles. The van der Waals surface area contributed by atoms with Gasteiger partial charge in [0, 0.05) is 30.3 Å². The zero-order valence-electron chi connectivity index (χ0n) is 15.2. The molecular formula is C23H28N2. The van der Waals surface area contributed by atoms with Crippen LogP contribution >= 0.6 is 0 Å². The lowest BCUT2D eigenvalue weighted by atomic mass is 10.1.